The summed E-state index contributed by atoms with van der Waals surface area (Å²) in [7, 11) is 1.62. The summed E-state index contributed by atoms with van der Waals surface area (Å²) < 4.78 is 10.1. The van der Waals surface area contributed by atoms with E-state index in [1.165, 1.54) is 0 Å². The Balaban J connectivity index is 3.11. The third-order valence-corrected chi connectivity index (χ3v) is 2.79. The minimum atomic E-state index is -0.742. The molecule has 1 atom stereocenters. The quantitative estimate of drug-likeness (QED) is 0.816. The Bertz CT molecular complexity index is 416. The van der Waals surface area contributed by atoms with Gasteiger partial charge < -0.3 is 15.2 Å². The number of hydrogen-bond acceptors (Lipinski definition) is 4. The summed E-state index contributed by atoms with van der Waals surface area (Å²) in [5.74, 6) is 0.624. The number of benzene rings is 1. The Morgan fingerprint density at radius 1 is 1.33 bits per heavy atom. The maximum absolute atomic E-state index is 11.7. The third kappa shape index (κ3) is 3.23. The molecule has 0 aliphatic heterocycles. The fourth-order valence-corrected chi connectivity index (χ4v) is 1.82. The molecule has 0 aliphatic rings. The van der Waals surface area contributed by atoms with E-state index in [1.54, 1.807) is 20.1 Å². The lowest BCUT2D eigenvalue weighted by Gasteiger charge is -2.18. The van der Waals surface area contributed by atoms with Crippen LogP contribution in [0.15, 0.2) is 18.2 Å². The molecule has 0 bridgehead atoms. The van der Waals surface area contributed by atoms with Gasteiger partial charge >= 0.3 is 5.97 Å². The van der Waals surface area contributed by atoms with Crippen LogP contribution in [-0.2, 0) is 9.53 Å². The van der Waals surface area contributed by atoms with Gasteiger partial charge in [0.2, 0.25) is 0 Å². The second-order valence-corrected chi connectivity index (χ2v) is 4.38. The van der Waals surface area contributed by atoms with Gasteiger partial charge in [-0.1, -0.05) is 19.9 Å². The summed E-state index contributed by atoms with van der Waals surface area (Å²) in [5.41, 5.74) is 7.74. The molecule has 100 valence electrons. The minimum Gasteiger partial charge on any atom is -0.497 e. The van der Waals surface area contributed by atoms with Crippen LogP contribution in [0, 0.1) is 0 Å². The molecule has 0 amide bonds. The Hall–Kier alpha value is -1.55. The zero-order valence-corrected chi connectivity index (χ0v) is 11.4. The van der Waals surface area contributed by atoms with Gasteiger partial charge in [0.15, 0.2) is 0 Å². The number of nitrogens with two attached hydrogens (primary N) is 1. The predicted molar refractivity (Wildman–Crippen MR) is 70.6 cm³/mol. The summed E-state index contributed by atoms with van der Waals surface area (Å²) >= 11 is 0. The summed E-state index contributed by atoms with van der Waals surface area (Å²) in [6, 6.07) is 4.81. The van der Waals surface area contributed by atoms with Crippen molar-refractivity contribution < 1.29 is 14.3 Å². The number of rotatable bonds is 5. The maximum atomic E-state index is 11.7. The van der Waals surface area contributed by atoms with E-state index >= 15 is 0 Å². The van der Waals surface area contributed by atoms with Crippen LogP contribution in [0.3, 0.4) is 0 Å². The standard InChI is InChI=1S/C14H21NO3/c1-5-18-14(16)13(15)11-7-6-10(17-4)8-12(11)9(2)3/h6-9,13H,5,15H2,1-4H3. The van der Waals surface area contributed by atoms with Crippen molar-refractivity contribution in [2.24, 2.45) is 5.73 Å². The van der Waals surface area contributed by atoms with Gasteiger partial charge in [-0.15, -0.1) is 0 Å². The molecular formula is C14H21NO3. The molecule has 0 aliphatic carbocycles. The first-order valence-corrected chi connectivity index (χ1v) is 6.11. The number of carbonyl (C=O) groups is 1. The smallest absolute Gasteiger partial charge is 0.327 e. The lowest BCUT2D eigenvalue weighted by Crippen LogP contribution is -2.25. The Morgan fingerprint density at radius 2 is 2.00 bits per heavy atom. The van der Waals surface area contributed by atoms with Crippen molar-refractivity contribution in [3.63, 3.8) is 0 Å². The van der Waals surface area contributed by atoms with Crippen molar-refractivity contribution in [1.29, 1.82) is 0 Å². The van der Waals surface area contributed by atoms with E-state index in [1.807, 2.05) is 12.1 Å². The van der Waals surface area contributed by atoms with Crippen LogP contribution in [0.2, 0.25) is 0 Å². The van der Waals surface area contributed by atoms with E-state index in [0.29, 0.717) is 6.61 Å². The first-order valence-electron chi connectivity index (χ1n) is 6.11. The van der Waals surface area contributed by atoms with Crippen LogP contribution in [0.1, 0.15) is 43.9 Å². The Morgan fingerprint density at radius 3 is 2.50 bits per heavy atom. The number of hydrogen-bond donors (Lipinski definition) is 1. The van der Waals surface area contributed by atoms with Crippen molar-refractivity contribution >= 4 is 5.97 Å². The lowest BCUT2D eigenvalue weighted by molar-refractivity contribution is -0.144. The SMILES string of the molecule is CCOC(=O)C(N)c1ccc(OC)cc1C(C)C. The second kappa shape index (κ2) is 6.40. The third-order valence-electron chi connectivity index (χ3n) is 2.79. The lowest BCUT2D eigenvalue weighted by atomic mass is 9.93. The van der Waals surface area contributed by atoms with Crippen molar-refractivity contribution in [1.82, 2.24) is 0 Å². The van der Waals surface area contributed by atoms with Crippen LogP contribution >= 0.6 is 0 Å². The molecule has 0 spiro atoms. The zero-order valence-electron chi connectivity index (χ0n) is 11.4. The zero-order chi connectivity index (χ0) is 13.7. The molecule has 1 rings (SSSR count). The number of carbonyl (C=O) groups excluding carboxylic acids is 1. The van der Waals surface area contributed by atoms with Gasteiger partial charge in [0.25, 0.3) is 0 Å². The minimum absolute atomic E-state index is 0.260. The molecular weight excluding hydrogens is 230 g/mol. The van der Waals surface area contributed by atoms with Crippen molar-refractivity contribution in [3.8, 4) is 5.75 Å². The fourth-order valence-electron chi connectivity index (χ4n) is 1.82. The highest BCUT2D eigenvalue weighted by Gasteiger charge is 2.21. The van der Waals surface area contributed by atoms with Gasteiger partial charge in [-0.25, -0.2) is 4.79 Å². The second-order valence-electron chi connectivity index (χ2n) is 4.38. The van der Waals surface area contributed by atoms with E-state index < -0.39 is 12.0 Å². The largest absolute Gasteiger partial charge is 0.497 e. The van der Waals surface area contributed by atoms with Gasteiger partial charge in [0.1, 0.15) is 11.8 Å². The van der Waals surface area contributed by atoms with Gasteiger partial charge in [0.05, 0.1) is 13.7 Å². The average molecular weight is 251 g/mol. The highest BCUT2D eigenvalue weighted by Crippen LogP contribution is 2.28. The molecule has 18 heavy (non-hydrogen) atoms. The summed E-state index contributed by atoms with van der Waals surface area (Å²) in [6.45, 7) is 6.20. The molecule has 1 unspecified atom stereocenters. The molecule has 1 aromatic carbocycles. The van der Waals surface area contributed by atoms with E-state index in [-0.39, 0.29) is 5.92 Å². The molecule has 2 N–H and O–H groups in total. The predicted octanol–water partition coefficient (Wildman–Crippen LogP) is 2.38. The first kappa shape index (κ1) is 14.5. The van der Waals surface area contributed by atoms with Crippen molar-refractivity contribution in [3.05, 3.63) is 29.3 Å². The van der Waals surface area contributed by atoms with E-state index in [9.17, 15) is 4.79 Å². The Labute approximate surface area is 108 Å². The van der Waals surface area contributed by atoms with E-state index in [2.05, 4.69) is 13.8 Å². The molecule has 4 nitrogen and oxygen atoms in total. The molecule has 0 radical (unpaired) electrons. The normalized spacial score (nSPS) is 12.3. The monoisotopic (exact) mass is 251 g/mol. The van der Waals surface area contributed by atoms with Crippen molar-refractivity contribution in [2.75, 3.05) is 13.7 Å². The topological polar surface area (TPSA) is 61.5 Å². The van der Waals surface area contributed by atoms with Gasteiger partial charge in [-0.05, 0) is 36.1 Å². The summed E-state index contributed by atoms with van der Waals surface area (Å²) in [5, 5.41) is 0. The van der Waals surface area contributed by atoms with E-state index in [4.69, 9.17) is 15.2 Å². The number of methoxy groups -OCH3 is 1. The molecule has 0 saturated carbocycles. The van der Waals surface area contributed by atoms with Crippen molar-refractivity contribution in [2.45, 2.75) is 32.7 Å². The van der Waals surface area contributed by atoms with Crippen LogP contribution in [0.25, 0.3) is 0 Å². The van der Waals surface area contributed by atoms with Crippen LogP contribution in [0.4, 0.5) is 0 Å². The highest BCUT2D eigenvalue weighted by molar-refractivity contribution is 5.78. The first-order chi connectivity index (χ1) is 8.51. The molecule has 0 heterocycles. The fraction of sp³-hybridized carbons (Fsp3) is 0.500. The van der Waals surface area contributed by atoms with Gasteiger partial charge in [-0.2, -0.15) is 0 Å². The van der Waals surface area contributed by atoms with Crippen LogP contribution in [0.5, 0.6) is 5.75 Å². The number of esters is 1. The average Bonchev–Trinajstić information content (AvgIpc) is 2.37. The van der Waals surface area contributed by atoms with E-state index in [0.717, 1.165) is 16.9 Å². The molecule has 0 fully saturated rings. The number of ether oxygens (including phenoxy) is 2. The van der Waals surface area contributed by atoms with Crippen LogP contribution in [-0.4, -0.2) is 19.7 Å². The summed E-state index contributed by atoms with van der Waals surface area (Å²) in [6.07, 6.45) is 0. The molecule has 4 heteroatoms. The maximum Gasteiger partial charge on any atom is 0.327 e. The Kier molecular flexibility index (Phi) is 5.16. The molecule has 0 aromatic heterocycles. The van der Waals surface area contributed by atoms with Gasteiger partial charge in [-0.3, -0.25) is 0 Å². The highest BCUT2D eigenvalue weighted by atomic mass is 16.5. The summed E-state index contributed by atoms with van der Waals surface area (Å²) in [4.78, 5) is 11.7. The molecule has 1 aromatic rings. The van der Waals surface area contributed by atoms with Crippen LogP contribution < -0.4 is 10.5 Å². The van der Waals surface area contributed by atoms with Gasteiger partial charge in [0, 0.05) is 0 Å². The molecule has 0 saturated heterocycles.